The third-order valence-corrected chi connectivity index (χ3v) is 6.74. The smallest absolute Gasteiger partial charge is 0.410 e. The lowest BCUT2D eigenvalue weighted by atomic mass is 9.82. The highest BCUT2D eigenvalue weighted by Gasteiger charge is 2.42. The van der Waals surface area contributed by atoms with Crippen LogP contribution in [-0.2, 0) is 17.7 Å². The normalized spacial score (nSPS) is 22.4. The number of methoxy groups -OCH3 is 2. The van der Waals surface area contributed by atoms with Crippen LogP contribution in [-0.4, -0.2) is 60.9 Å². The van der Waals surface area contributed by atoms with Crippen molar-refractivity contribution in [2.45, 2.75) is 63.9 Å². The molecule has 2 heterocycles. The minimum atomic E-state index is -0.585. The third-order valence-electron chi connectivity index (χ3n) is 6.74. The van der Waals surface area contributed by atoms with Crippen molar-refractivity contribution in [1.29, 1.82) is 0 Å². The molecule has 34 heavy (non-hydrogen) atoms. The summed E-state index contributed by atoms with van der Waals surface area (Å²) in [6, 6.07) is 14.0. The summed E-state index contributed by atoms with van der Waals surface area (Å²) in [5.74, 6) is 1.47. The molecule has 7 nitrogen and oxygen atoms in total. The number of fused-ring (bicyclic) bond motifs is 3. The summed E-state index contributed by atoms with van der Waals surface area (Å²) in [5.41, 5.74) is 9.69. The summed E-state index contributed by atoms with van der Waals surface area (Å²) in [6.07, 6.45) is 1.34. The van der Waals surface area contributed by atoms with E-state index in [1.54, 1.807) is 14.2 Å². The first-order chi connectivity index (χ1) is 16.2. The van der Waals surface area contributed by atoms with Gasteiger partial charge in [-0.3, -0.25) is 9.80 Å². The van der Waals surface area contributed by atoms with Crippen LogP contribution in [0.25, 0.3) is 0 Å². The van der Waals surface area contributed by atoms with Gasteiger partial charge in [-0.25, -0.2) is 4.79 Å². The number of nitrogens with two attached hydrogens (primary N) is 1. The maximum absolute atomic E-state index is 13.4. The van der Waals surface area contributed by atoms with Gasteiger partial charge in [-0.15, -0.1) is 0 Å². The highest BCUT2D eigenvalue weighted by molar-refractivity contribution is 5.69. The molecule has 0 bridgehead atoms. The number of rotatable bonds is 5. The molecule has 3 atom stereocenters. The van der Waals surface area contributed by atoms with E-state index in [-0.39, 0.29) is 24.2 Å². The van der Waals surface area contributed by atoms with Gasteiger partial charge in [0.2, 0.25) is 0 Å². The van der Waals surface area contributed by atoms with E-state index in [4.69, 9.17) is 19.9 Å². The van der Waals surface area contributed by atoms with Crippen molar-refractivity contribution in [3.63, 3.8) is 0 Å². The van der Waals surface area contributed by atoms with E-state index >= 15 is 0 Å². The van der Waals surface area contributed by atoms with Gasteiger partial charge in [0, 0.05) is 31.7 Å². The van der Waals surface area contributed by atoms with E-state index in [0.29, 0.717) is 6.54 Å². The Morgan fingerprint density at radius 2 is 1.79 bits per heavy atom. The van der Waals surface area contributed by atoms with Crippen LogP contribution >= 0.6 is 0 Å². The van der Waals surface area contributed by atoms with Crippen molar-refractivity contribution in [3.8, 4) is 11.5 Å². The van der Waals surface area contributed by atoms with E-state index in [9.17, 15) is 4.79 Å². The molecule has 0 radical (unpaired) electrons. The number of amides is 1. The third kappa shape index (κ3) is 5.15. The first-order valence-corrected chi connectivity index (χ1v) is 12.0. The first-order valence-electron chi connectivity index (χ1n) is 12.0. The Kier molecular flexibility index (Phi) is 7.05. The Bertz CT molecular complexity index is 1000. The molecule has 2 N–H and O–H groups in total. The fourth-order valence-corrected chi connectivity index (χ4v) is 5.15. The van der Waals surface area contributed by atoms with Gasteiger partial charge in [-0.2, -0.15) is 0 Å². The number of nitrogens with zero attached hydrogens (tertiary/aromatic N) is 2. The standard InChI is InChI=1S/C27H37N3O4/c1-27(2,3)34-26(31)30(16-18-9-7-6-8-10-18)23-15-22-20-14-25(33-5)24(32-4)13-19(20)11-12-29(22)17-21(23)28/h6-10,13-14,21-23H,11-12,15-17,28H2,1-5H3. The van der Waals surface area contributed by atoms with Gasteiger partial charge in [0.25, 0.3) is 0 Å². The van der Waals surface area contributed by atoms with Crippen molar-refractivity contribution < 1.29 is 19.0 Å². The molecule has 2 aromatic rings. The molecule has 184 valence electrons. The van der Waals surface area contributed by atoms with Crippen LogP contribution in [0.4, 0.5) is 4.79 Å². The summed E-state index contributed by atoms with van der Waals surface area (Å²) < 4.78 is 17.0. The van der Waals surface area contributed by atoms with Gasteiger partial charge < -0.3 is 19.9 Å². The van der Waals surface area contributed by atoms with Crippen LogP contribution < -0.4 is 15.2 Å². The summed E-state index contributed by atoms with van der Waals surface area (Å²) in [7, 11) is 3.33. The van der Waals surface area contributed by atoms with Crippen LogP contribution in [0.15, 0.2) is 42.5 Å². The molecule has 0 saturated carbocycles. The zero-order chi connectivity index (χ0) is 24.5. The van der Waals surface area contributed by atoms with Crippen molar-refractivity contribution in [3.05, 3.63) is 59.2 Å². The number of carbonyl (C=O) groups is 1. The summed E-state index contributed by atoms with van der Waals surface area (Å²) in [6.45, 7) is 7.79. The van der Waals surface area contributed by atoms with Gasteiger partial charge in [-0.05, 0) is 62.4 Å². The van der Waals surface area contributed by atoms with Crippen LogP contribution in [0.3, 0.4) is 0 Å². The number of hydrogen-bond donors (Lipinski definition) is 1. The average molecular weight is 468 g/mol. The molecule has 1 saturated heterocycles. The van der Waals surface area contributed by atoms with Crippen LogP contribution in [0.1, 0.15) is 49.9 Å². The number of benzene rings is 2. The molecular weight excluding hydrogens is 430 g/mol. The van der Waals surface area contributed by atoms with Crippen molar-refractivity contribution in [2.75, 3.05) is 27.3 Å². The average Bonchev–Trinajstić information content (AvgIpc) is 2.80. The van der Waals surface area contributed by atoms with E-state index < -0.39 is 5.60 Å². The molecular formula is C27H37N3O4. The summed E-state index contributed by atoms with van der Waals surface area (Å²) in [5, 5.41) is 0. The van der Waals surface area contributed by atoms with Crippen LogP contribution in [0.2, 0.25) is 0 Å². The van der Waals surface area contributed by atoms with Gasteiger partial charge in [-0.1, -0.05) is 30.3 Å². The minimum Gasteiger partial charge on any atom is -0.493 e. The molecule has 3 unspecified atom stereocenters. The number of piperidine rings is 1. The minimum absolute atomic E-state index is 0.147. The lowest BCUT2D eigenvalue weighted by Crippen LogP contribution is -2.61. The van der Waals surface area contributed by atoms with Crippen molar-refractivity contribution in [1.82, 2.24) is 9.80 Å². The maximum atomic E-state index is 13.4. The monoisotopic (exact) mass is 467 g/mol. The van der Waals surface area contributed by atoms with Gasteiger partial charge in [0.15, 0.2) is 11.5 Å². The second-order valence-corrected chi connectivity index (χ2v) is 10.2. The predicted octanol–water partition coefficient (Wildman–Crippen LogP) is 4.14. The second-order valence-electron chi connectivity index (χ2n) is 10.2. The molecule has 2 aromatic carbocycles. The summed E-state index contributed by atoms with van der Waals surface area (Å²) in [4.78, 5) is 17.7. The molecule has 0 aromatic heterocycles. The van der Waals surface area contributed by atoms with Gasteiger partial charge in [0.05, 0.1) is 20.3 Å². The predicted molar refractivity (Wildman–Crippen MR) is 132 cm³/mol. The maximum Gasteiger partial charge on any atom is 0.410 e. The van der Waals surface area contributed by atoms with E-state index in [2.05, 4.69) is 17.0 Å². The Morgan fingerprint density at radius 3 is 2.44 bits per heavy atom. The molecule has 1 amide bonds. The first kappa shape index (κ1) is 24.4. The number of ether oxygens (including phenoxy) is 3. The quantitative estimate of drug-likeness (QED) is 0.712. The van der Waals surface area contributed by atoms with Gasteiger partial charge >= 0.3 is 6.09 Å². The van der Waals surface area contributed by atoms with Gasteiger partial charge in [0.1, 0.15) is 5.60 Å². The number of hydrogen-bond acceptors (Lipinski definition) is 6. The Morgan fingerprint density at radius 1 is 1.12 bits per heavy atom. The van der Waals surface area contributed by atoms with Crippen molar-refractivity contribution >= 4 is 6.09 Å². The largest absolute Gasteiger partial charge is 0.493 e. The number of carbonyl (C=O) groups excluding carboxylic acids is 1. The van der Waals surface area contributed by atoms with E-state index in [1.807, 2.05) is 56.0 Å². The van der Waals surface area contributed by atoms with Crippen LogP contribution in [0.5, 0.6) is 11.5 Å². The highest BCUT2D eigenvalue weighted by atomic mass is 16.6. The zero-order valence-electron chi connectivity index (χ0n) is 20.9. The lowest BCUT2D eigenvalue weighted by Gasteiger charge is -2.49. The Labute approximate surface area is 202 Å². The molecule has 2 aliphatic rings. The Balaban J connectivity index is 1.67. The lowest BCUT2D eigenvalue weighted by molar-refractivity contribution is -0.00763. The molecule has 7 heteroatoms. The topological polar surface area (TPSA) is 77.3 Å². The van der Waals surface area contributed by atoms with Crippen LogP contribution in [0, 0.1) is 0 Å². The fraction of sp³-hybridized carbons (Fsp3) is 0.519. The Hall–Kier alpha value is -2.77. The van der Waals surface area contributed by atoms with Crippen molar-refractivity contribution in [2.24, 2.45) is 5.73 Å². The fourth-order valence-electron chi connectivity index (χ4n) is 5.15. The summed E-state index contributed by atoms with van der Waals surface area (Å²) >= 11 is 0. The SMILES string of the molecule is COc1cc2c(cc1OC)C1CC(N(Cc3ccccc3)C(=O)OC(C)(C)C)C(N)CN1CC2. The molecule has 2 aliphatic heterocycles. The molecule has 0 spiro atoms. The zero-order valence-corrected chi connectivity index (χ0v) is 20.9. The second kappa shape index (κ2) is 9.84. The molecule has 4 rings (SSSR count). The molecule has 0 aliphatic carbocycles. The van der Waals surface area contributed by atoms with E-state index in [1.165, 1.54) is 11.1 Å². The molecule has 1 fully saturated rings. The highest BCUT2D eigenvalue weighted by Crippen LogP contribution is 2.42. The van der Waals surface area contributed by atoms with E-state index in [0.717, 1.165) is 43.0 Å².